The van der Waals surface area contributed by atoms with Crippen LogP contribution in [0.3, 0.4) is 0 Å². The van der Waals surface area contributed by atoms with E-state index in [-0.39, 0.29) is 23.3 Å². The maximum Gasteiger partial charge on any atom is 0.230 e. The van der Waals surface area contributed by atoms with E-state index in [0.29, 0.717) is 18.8 Å². The molecule has 0 bridgehead atoms. The molecule has 9 heteroatoms. The number of carbonyl (C=O) groups is 1. The molecule has 1 spiro atoms. The van der Waals surface area contributed by atoms with Crippen LogP contribution in [0.4, 0.5) is 11.9 Å². The summed E-state index contributed by atoms with van der Waals surface area (Å²) in [6.45, 7) is 1.65. The normalized spacial score (nSPS) is 21.4. The van der Waals surface area contributed by atoms with Crippen LogP contribution in [0.2, 0.25) is 0 Å². The van der Waals surface area contributed by atoms with Gasteiger partial charge in [-0.05, 0) is 31.2 Å². The van der Waals surface area contributed by atoms with Gasteiger partial charge in [-0.25, -0.2) is 9.97 Å². The molecule has 2 aromatic rings. The molecule has 2 aromatic heterocycles. The molecule has 3 heterocycles. The summed E-state index contributed by atoms with van der Waals surface area (Å²) in [6.07, 6.45) is 10.6. The fourth-order valence-electron chi connectivity index (χ4n) is 4.08. The number of anilines is 2. The van der Waals surface area contributed by atoms with Crippen LogP contribution in [0, 0.1) is 5.41 Å². The van der Waals surface area contributed by atoms with Gasteiger partial charge in [0.15, 0.2) is 0 Å². The van der Waals surface area contributed by atoms with E-state index >= 15 is 0 Å². The first-order chi connectivity index (χ1) is 12.6. The lowest BCUT2D eigenvalue weighted by Crippen LogP contribution is -2.61. The van der Waals surface area contributed by atoms with Gasteiger partial charge in [-0.2, -0.15) is 10.1 Å². The third-order valence-electron chi connectivity index (χ3n) is 5.67. The number of hydrogen-bond donors (Lipinski definition) is 3. The van der Waals surface area contributed by atoms with Gasteiger partial charge in [-0.3, -0.25) is 9.89 Å². The van der Waals surface area contributed by atoms with E-state index in [2.05, 4.69) is 35.4 Å². The molecule has 4 rings (SSSR count). The Balaban J connectivity index is 1.38. The maximum absolute atomic E-state index is 12.4. The summed E-state index contributed by atoms with van der Waals surface area (Å²) in [4.78, 5) is 27.0. The van der Waals surface area contributed by atoms with Crippen molar-refractivity contribution in [3.05, 3.63) is 24.3 Å². The van der Waals surface area contributed by atoms with Crippen molar-refractivity contribution in [1.82, 2.24) is 30.5 Å². The van der Waals surface area contributed by atoms with Gasteiger partial charge in [0.1, 0.15) is 6.33 Å². The molecule has 0 radical (unpaired) electrons. The first-order valence-electron chi connectivity index (χ1n) is 9.11. The van der Waals surface area contributed by atoms with Crippen LogP contribution in [0.1, 0.15) is 37.7 Å². The Bertz CT molecular complexity index is 758. The molecule has 1 aliphatic heterocycles. The number of rotatable bonds is 5. The van der Waals surface area contributed by atoms with E-state index in [4.69, 9.17) is 5.73 Å². The highest BCUT2D eigenvalue weighted by atomic mass is 16.1. The standard InChI is InChI=1S/C17H24N8O/c18-15-19-11-20-16(24-15)25-7-4-13(17(10-25)5-1-6-17)23-14(26)3-2-12-8-21-22-9-12/h8-9,11,13H,1-7,10H2,(H,21,22)(H,23,26)(H2,18,19,20,24). The molecule has 1 saturated carbocycles. The minimum atomic E-state index is 0.111. The summed E-state index contributed by atoms with van der Waals surface area (Å²) in [6, 6.07) is 0.212. The van der Waals surface area contributed by atoms with E-state index in [1.165, 1.54) is 12.7 Å². The topological polar surface area (TPSA) is 126 Å². The second kappa shape index (κ2) is 6.89. The number of H-pyrrole nitrogens is 1. The summed E-state index contributed by atoms with van der Waals surface area (Å²) in [5.41, 5.74) is 6.87. The van der Waals surface area contributed by atoms with Crippen LogP contribution in [-0.2, 0) is 11.2 Å². The number of hydrogen-bond acceptors (Lipinski definition) is 7. The van der Waals surface area contributed by atoms with Crippen LogP contribution in [-0.4, -0.2) is 50.2 Å². The minimum Gasteiger partial charge on any atom is -0.368 e. The Kier molecular flexibility index (Phi) is 4.44. The van der Waals surface area contributed by atoms with Gasteiger partial charge in [0.2, 0.25) is 17.8 Å². The SMILES string of the molecule is Nc1ncnc(N2CCC(NC(=O)CCc3cn[nH]c3)C3(CCC3)C2)n1. The number of aryl methyl sites for hydroxylation is 1. The molecule has 138 valence electrons. The number of aromatic amines is 1. The van der Waals surface area contributed by atoms with Crippen LogP contribution in [0.25, 0.3) is 0 Å². The van der Waals surface area contributed by atoms with Gasteiger partial charge < -0.3 is 16.0 Å². The minimum absolute atomic E-state index is 0.111. The third kappa shape index (κ3) is 3.33. The monoisotopic (exact) mass is 356 g/mol. The zero-order valence-corrected chi connectivity index (χ0v) is 14.7. The lowest BCUT2D eigenvalue weighted by Gasteiger charge is -2.53. The number of nitrogens with two attached hydrogens (primary N) is 1. The van der Waals surface area contributed by atoms with Crippen molar-refractivity contribution < 1.29 is 4.79 Å². The highest BCUT2D eigenvalue weighted by Crippen LogP contribution is 2.48. The van der Waals surface area contributed by atoms with Crippen molar-refractivity contribution in [3.8, 4) is 0 Å². The summed E-state index contributed by atoms with van der Waals surface area (Å²) in [7, 11) is 0. The van der Waals surface area contributed by atoms with E-state index in [0.717, 1.165) is 37.9 Å². The lowest BCUT2D eigenvalue weighted by molar-refractivity contribution is -0.123. The van der Waals surface area contributed by atoms with Crippen molar-refractivity contribution >= 4 is 17.8 Å². The van der Waals surface area contributed by atoms with Crippen LogP contribution < -0.4 is 16.0 Å². The summed E-state index contributed by atoms with van der Waals surface area (Å²) < 4.78 is 0. The molecule has 26 heavy (non-hydrogen) atoms. The van der Waals surface area contributed by atoms with Crippen LogP contribution >= 0.6 is 0 Å². The smallest absolute Gasteiger partial charge is 0.230 e. The number of nitrogens with one attached hydrogen (secondary N) is 2. The van der Waals surface area contributed by atoms with Gasteiger partial charge in [0.25, 0.3) is 0 Å². The molecule has 4 N–H and O–H groups in total. The van der Waals surface area contributed by atoms with Gasteiger partial charge >= 0.3 is 0 Å². The Morgan fingerprint density at radius 2 is 2.31 bits per heavy atom. The number of nitrogens with zero attached hydrogens (tertiary/aromatic N) is 5. The zero-order chi connectivity index (χ0) is 18.0. The third-order valence-corrected chi connectivity index (χ3v) is 5.67. The van der Waals surface area contributed by atoms with E-state index in [1.54, 1.807) is 6.20 Å². The van der Waals surface area contributed by atoms with Gasteiger partial charge in [0, 0.05) is 37.2 Å². The lowest BCUT2D eigenvalue weighted by atomic mass is 9.61. The van der Waals surface area contributed by atoms with Crippen molar-refractivity contribution in [2.75, 3.05) is 23.7 Å². The van der Waals surface area contributed by atoms with Gasteiger partial charge in [0.05, 0.1) is 6.20 Å². The quantitative estimate of drug-likeness (QED) is 0.719. The summed E-state index contributed by atoms with van der Waals surface area (Å²) in [5.74, 6) is 0.987. The second-order valence-electron chi connectivity index (χ2n) is 7.30. The molecule has 1 aliphatic carbocycles. The van der Waals surface area contributed by atoms with Crippen molar-refractivity contribution in [1.29, 1.82) is 0 Å². The van der Waals surface area contributed by atoms with Crippen LogP contribution in [0.15, 0.2) is 18.7 Å². The number of piperidine rings is 1. The molecular weight excluding hydrogens is 332 g/mol. The average molecular weight is 356 g/mol. The number of amides is 1. The average Bonchev–Trinajstić information content (AvgIpc) is 3.12. The molecule has 1 saturated heterocycles. The van der Waals surface area contributed by atoms with E-state index in [9.17, 15) is 4.79 Å². The molecular formula is C17H24N8O. The number of carbonyl (C=O) groups excluding carboxylic acids is 1. The Labute approximate surface area is 151 Å². The molecule has 1 unspecified atom stereocenters. The molecule has 1 atom stereocenters. The number of aromatic nitrogens is 5. The Hall–Kier alpha value is -2.71. The molecule has 2 aliphatic rings. The fourth-order valence-corrected chi connectivity index (χ4v) is 4.08. The maximum atomic E-state index is 12.4. The Morgan fingerprint density at radius 3 is 3.00 bits per heavy atom. The predicted octanol–water partition coefficient (Wildman–Crippen LogP) is 0.675. The van der Waals surface area contributed by atoms with Crippen molar-refractivity contribution in [2.45, 2.75) is 44.6 Å². The highest BCUT2D eigenvalue weighted by molar-refractivity contribution is 5.76. The Morgan fingerprint density at radius 1 is 1.42 bits per heavy atom. The van der Waals surface area contributed by atoms with Crippen molar-refractivity contribution in [3.63, 3.8) is 0 Å². The van der Waals surface area contributed by atoms with Gasteiger partial charge in [-0.1, -0.05) is 6.42 Å². The summed E-state index contributed by atoms with van der Waals surface area (Å²) >= 11 is 0. The molecule has 1 amide bonds. The van der Waals surface area contributed by atoms with E-state index in [1.807, 2.05) is 6.20 Å². The highest BCUT2D eigenvalue weighted by Gasteiger charge is 2.48. The second-order valence-corrected chi connectivity index (χ2v) is 7.30. The van der Waals surface area contributed by atoms with Crippen LogP contribution in [0.5, 0.6) is 0 Å². The largest absolute Gasteiger partial charge is 0.368 e. The first-order valence-corrected chi connectivity index (χ1v) is 9.11. The molecule has 0 aromatic carbocycles. The molecule has 2 fully saturated rings. The van der Waals surface area contributed by atoms with Gasteiger partial charge in [-0.15, -0.1) is 0 Å². The fraction of sp³-hybridized carbons (Fsp3) is 0.588. The predicted molar refractivity (Wildman–Crippen MR) is 96.2 cm³/mol. The summed E-state index contributed by atoms with van der Waals surface area (Å²) in [5, 5.41) is 9.98. The first kappa shape index (κ1) is 16.7. The van der Waals surface area contributed by atoms with E-state index < -0.39 is 0 Å². The van der Waals surface area contributed by atoms with Crippen molar-refractivity contribution in [2.24, 2.45) is 5.41 Å². The number of nitrogen functional groups attached to an aromatic ring is 1. The molecule has 9 nitrogen and oxygen atoms in total. The zero-order valence-electron chi connectivity index (χ0n) is 14.7.